The van der Waals surface area contributed by atoms with Crippen molar-refractivity contribution in [2.45, 2.75) is 49.8 Å². The summed E-state index contributed by atoms with van der Waals surface area (Å²) in [6.45, 7) is 0.768. The molecule has 0 radical (unpaired) electrons. The van der Waals surface area contributed by atoms with Gasteiger partial charge in [-0.25, -0.2) is 5.10 Å². The second kappa shape index (κ2) is 6.86. The fourth-order valence-electron chi connectivity index (χ4n) is 2.08. The summed E-state index contributed by atoms with van der Waals surface area (Å²) in [5.41, 5.74) is 5.44. The Morgan fingerprint density at radius 3 is 2.71 bits per heavy atom. The van der Waals surface area contributed by atoms with Crippen LogP contribution in [0.15, 0.2) is 5.16 Å². The Balaban J connectivity index is 1.59. The second-order valence-electron chi connectivity index (χ2n) is 4.34. The number of aromatic nitrogens is 3. The maximum absolute atomic E-state index is 5.87. The number of nitrogens with zero attached hydrogens (tertiary/aromatic N) is 2. The van der Waals surface area contributed by atoms with Crippen molar-refractivity contribution >= 4 is 17.7 Å². The van der Waals surface area contributed by atoms with E-state index in [-0.39, 0.29) is 0 Å². The van der Waals surface area contributed by atoms with Gasteiger partial charge in [-0.3, -0.25) is 0 Å². The Labute approximate surface area is 106 Å². The van der Waals surface area contributed by atoms with Crippen LogP contribution in [0.25, 0.3) is 0 Å². The number of nitrogens with two attached hydrogens (primary N) is 1. The van der Waals surface area contributed by atoms with Crippen LogP contribution < -0.4 is 5.73 Å². The average Bonchev–Trinajstić information content (AvgIpc) is 2.59. The number of nitrogens with one attached hydrogen (secondary N) is 1. The maximum Gasteiger partial charge on any atom is 0.216 e. The number of hydrogen-bond donors (Lipinski definition) is 2. The molecule has 0 amide bonds. The number of aromatic amines is 1. The first-order valence-corrected chi connectivity index (χ1v) is 7.25. The highest BCUT2D eigenvalue weighted by Crippen LogP contribution is 2.20. The highest BCUT2D eigenvalue weighted by Gasteiger charge is 2.12. The predicted octanol–water partition coefficient (Wildman–Crippen LogP) is 2.22. The minimum Gasteiger partial charge on any atom is -0.377 e. The van der Waals surface area contributed by atoms with Crippen LogP contribution in [0.5, 0.6) is 0 Å². The van der Waals surface area contributed by atoms with Crippen molar-refractivity contribution in [3.05, 3.63) is 0 Å². The fraction of sp³-hybridized carbons (Fsp3) is 0.818. The van der Waals surface area contributed by atoms with Gasteiger partial charge in [0.25, 0.3) is 0 Å². The molecule has 1 aliphatic carbocycles. The van der Waals surface area contributed by atoms with Crippen molar-refractivity contribution in [1.82, 2.24) is 15.2 Å². The molecule has 6 heteroatoms. The fourth-order valence-corrected chi connectivity index (χ4v) is 2.71. The molecule has 17 heavy (non-hydrogen) atoms. The lowest BCUT2D eigenvalue weighted by Crippen LogP contribution is -2.13. The summed E-state index contributed by atoms with van der Waals surface area (Å²) in [6.07, 6.45) is 8.27. The van der Waals surface area contributed by atoms with Crippen LogP contribution in [0.1, 0.15) is 38.5 Å². The number of thioether (sulfide) groups is 1. The Kier molecular flexibility index (Phi) is 5.12. The van der Waals surface area contributed by atoms with Crippen LogP contribution in [0, 0.1) is 0 Å². The molecule has 0 bridgehead atoms. The lowest BCUT2D eigenvalue weighted by atomic mass is 10.1. The molecule has 1 heterocycles. The van der Waals surface area contributed by atoms with Gasteiger partial charge >= 0.3 is 0 Å². The summed E-state index contributed by atoms with van der Waals surface area (Å²) >= 11 is 1.58. The van der Waals surface area contributed by atoms with Crippen molar-refractivity contribution in [3.63, 3.8) is 0 Å². The largest absolute Gasteiger partial charge is 0.377 e. The number of H-pyrrole nitrogens is 1. The third-order valence-corrected chi connectivity index (χ3v) is 3.76. The first kappa shape index (κ1) is 12.7. The molecule has 1 aliphatic rings. The number of ether oxygens (including phenoxy) is 1. The highest BCUT2D eigenvalue weighted by molar-refractivity contribution is 7.99. The van der Waals surface area contributed by atoms with Gasteiger partial charge < -0.3 is 10.5 Å². The molecule has 0 unspecified atom stereocenters. The third kappa shape index (κ3) is 4.55. The minimum atomic E-state index is 0.372. The Morgan fingerprint density at radius 2 is 2.06 bits per heavy atom. The van der Waals surface area contributed by atoms with Gasteiger partial charge in [-0.1, -0.05) is 37.4 Å². The lowest BCUT2D eigenvalue weighted by Gasteiger charge is -2.14. The standard InChI is InChI=1S/C11H20N4OS/c12-10-13-11(15-14-10)17-8-7-16-9-5-3-1-2-4-6-9/h9H,1-8H2,(H3,12,13,14,15). The van der Waals surface area contributed by atoms with E-state index in [2.05, 4.69) is 15.2 Å². The molecule has 1 fully saturated rings. The first-order valence-electron chi connectivity index (χ1n) is 6.27. The Hall–Kier alpha value is -0.750. The van der Waals surface area contributed by atoms with Crippen LogP contribution in [-0.2, 0) is 4.74 Å². The molecule has 0 aromatic carbocycles. The second-order valence-corrected chi connectivity index (χ2v) is 5.40. The van der Waals surface area contributed by atoms with Crippen LogP contribution >= 0.6 is 11.8 Å². The molecule has 0 spiro atoms. The van der Waals surface area contributed by atoms with E-state index >= 15 is 0 Å². The van der Waals surface area contributed by atoms with Crippen molar-refractivity contribution < 1.29 is 4.74 Å². The minimum absolute atomic E-state index is 0.372. The molecule has 1 aromatic rings. The van der Waals surface area contributed by atoms with E-state index in [1.165, 1.54) is 38.5 Å². The van der Waals surface area contributed by atoms with Crippen LogP contribution in [0.2, 0.25) is 0 Å². The van der Waals surface area contributed by atoms with E-state index in [1.54, 1.807) is 11.8 Å². The average molecular weight is 256 g/mol. The van der Waals surface area contributed by atoms with Crippen molar-refractivity contribution in [2.75, 3.05) is 18.1 Å². The van der Waals surface area contributed by atoms with Crippen molar-refractivity contribution in [3.8, 4) is 0 Å². The molecule has 0 aliphatic heterocycles. The maximum atomic E-state index is 5.87. The van der Waals surface area contributed by atoms with Gasteiger partial charge in [0.15, 0.2) is 0 Å². The summed E-state index contributed by atoms with van der Waals surface area (Å²) in [5, 5.41) is 7.28. The van der Waals surface area contributed by atoms with Crippen LogP contribution in [0.3, 0.4) is 0 Å². The normalized spacial score (nSPS) is 18.1. The SMILES string of the molecule is Nc1nc(SCCOC2CCCCCC2)n[nH]1. The molecule has 2 rings (SSSR count). The zero-order valence-corrected chi connectivity index (χ0v) is 10.8. The molecular weight excluding hydrogens is 236 g/mol. The van der Waals surface area contributed by atoms with Gasteiger partial charge in [0.2, 0.25) is 11.1 Å². The summed E-state index contributed by atoms with van der Waals surface area (Å²) in [6, 6.07) is 0. The van der Waals surface area contributed by atoms with E-state index in [1.807, 2.05) is 0 Å². The summed E-state index contributed by atoms with van der Waals surface area (Å²) in [4.78, 5) is 4.03. The molecule has 96 valence electrons. The monoisotopic (exact) mass is 256 g/mol. The van der Waals surface area contributed by atoms with E-state index in [0.29, 0.717) is 17.2 Å². The number of anilines is 1. The van der Waals surface area contributed by atoms with E-state index in [4.69, 9.17) is 10.5 Å². The Bertz CT molecular complexity index is 323. The van der Waals surface area contributed by atoms with Gasteiger partial charge in [0.05, 0.1) is 12.7 Å². The molecule has 1 saturated carbocycles. The topological polar surface area (TPSA) is 76.8 Å². The van der Waals surface area contributed by atoms with Gasteiger partial charge in [-0.15, -0.1) is 5.10 Å². The van der Waals surface area contributed by atoms with Crippen LogP contribution in [0.4, 0.5) is 5.95 Å². The number of hydrogen-bond acceptors (Lipinski definition) is 5. The third-order valence-electron chi connectivity index (χ3n) is 2.95. The lowest BCUT2D eigenvalue weighted by molar-refractivity contribution is 0.0542. The first-order chi connectivity index (χ1) is 8.34. The molecule has 0 atom stereocenters. The van der Waals surface area contributed by atoms with Crippen LogP contribution in [-0.4, -0.2) is 33.6 Å². The summed E-state index contributed by atoms with van der Waals surface area (Å²) in [5.74, 6) is 1.26. The predicted molar refractivity (Wildman–Crippen MR) is 69.0 cm³/mol. The number of rotatable bonds is 5. The van der Waals surface area contributed by atoms with E-state index < -0.39 is 0 Å². The quantitative estimate of drug-likeness (QED) is 0.480. The molecule has 5 nitrogen and oxygen atoms in total. The molecule has 0 saturated heterocycles. The molecule has 3 N–H and O–H groups in total. The van der Waals surface area contributed by atoms with Crippen molar-refractivity contribution in [1.29, 1.82) is 0 Å². The van der Waals surface area contributed by atoms with E-state index in [9.17, 15) is 0 Å². The zero-order chi connectivity index (χ0) is 11.9. The van der Waals surface area contributed by atoms with E-state index in [0.717, 1.165) is 12.4 Å². The van der Waals surface area contributed by atoms with Gasteiger partial charge in [-0.05, 0) is 12.8 Å². The van der Waals surface area contributed by atoms with Crippen molar-refractivity contribution in [2.24, 2.45) is 0 Å². The summed E-state index contributed by atoms with van der Waals surface area (Å²) < 4.78 is 5.87. The van der Waals surface area contributed by atoms with Gasteiger partial charge in [-0.2, -0.15) is 4.98 Å². The number of nitrogen functional groups attached to an aromatic ring is 1. The Morgan fingerprint density at radius 1 is 1.29 bits per heavy atom. The zero-order valence-electron chi connectivity index (χ0n) is 10.0. The molecule has 1 aromatic heterocycles. The molecular formula is C11H20N4OS. The highest BCUT2D eigenvalue weighted by atomic mass is 32.2. The van der Waals surface area contributed by atoms with Gasteiger partial charge in [0.1, 0.15) is 0 Å². The van der Waals surface area contributed by atoms with Gasteiger partial charge in [0, 0.05) is 5.75 Å². The summed E-state index contributed by atoms with van der Waals surface area (Å²) in [7, 11) is 0. The smallest absolute Gasteiger partial charge is 0.216 e.